The Morgan fingerprint density at radius 3 is 2.33 bits per heavy atom. The molecule has 4 aromatic rings. The maximum absolute atomic E-state index is 14.3. The fraction of sp³-hybridized carbons (Fsp3) is 0.273. The number of benzene rings is 3. The van der Waals surface area contributed by atoms with Crippen LogP contribution in [0.4, 0.5) is 23.4 Å². The molecule has 0 bridgehead atoms. The molecule has 0 fully saturated rings. The molecule has 0 unspecified atom stereocenters. The Kier molecular flexibility index (Phi) is 9.09. The normalized spacial score (nSPS) is 17.7. The van der Waals surface area contributed by atoms with Gasteiger partial charge in [0.05, 0.1) is 11.3 Å². The predicted octanol–water partition coefficient (Wildman–Crippen LogP) is 6.21. The van der Waals surface area contributed by atoms with E-state index < -0.39 is 57.4 Å². The van der Waals surface area contributed by atoms with Gasteiger partial charge in [0.2, 0.25) is 0 Å². The van der Waals surface area contributed by atoms with Crippen LogP contribution in [0.1, 0.15) is 66.4 Å². The summed E-state index contributed by atoms with van der Waals surface area (Å²) in [5.74, 6) is -2.62. The molecule has 2 heterocycles. The van der Waals surface area contributed by atoms with Crippen molar-refractivity contribution >= 4 is 35.2 Å². The summed E-state index contributed by atoms with van der Waals surface area (Å²) in [6.45, 7) is 7.15. The molecule has 0 radical (unpaired) electrons. The molecular formula is C33H31F4N5O3S. The molecule has 1 aromatic heterocycles. The van der Waals surface area contributed by atoms with E-state index in [2.05, 4.69) is 9.71 Å². The Morgan fingerprint density at radius 1 is 1.04 bits per heavy atom. The second kappa shape index (κ2) is 12.7. The van der Waals surface area contributed by atoms with E-state index in [4.69, 9.17) is 5.10 Å². The lowest BCUT2D eigenvalue weighted by atomic mass is 9.81. The topological polar surface area (TPSA) is 103 Å². The van der Waals surface area contributed by atoms with Gasteiger partial charge in [-0.15, -0.1) is 0 Å². The molecular weight excluding hydrogens is 622 g/mol. The van der Waals surface area contributed by atoms with Crippen molar-refractivity contribution in [1.82, 2.24) is 15.1 Å². The van der Waals surface area contributed by atoms with Gasteiger partial charge in [0.1, 0.15) is 45.7 Å². The van der Waals surface area contributed by atoms with Crippen LogP contribution in [0, 0.1) is 5.82 Å². The number of alkyl halides is 3. The lowest BCUT2D eigenvalue weighted by molar-refractivity contribution is -0.137. The van der Waals surface area contributed by atoms with E-state index >= 15 is 0 Å². The summed E-state index contributed by atoms with van der Waals surface area (Å²) in [5.41, 5.74) is 0.399. The first-order valence-electron chi connectivity index (χ1n) is 14.4. The van der Waals surface area contributed by atoms with Gasteiger partial charge >= 0.3 is 6.18 Å². The molecule has 5 rings (SSSR count). The van der Waals surface area contributed by atoms with E-state index in [-0.39, 0.29) is 17.8 Å². The maximum Gasteiger partial charge on any atom is 0.416 e. The third kappa shape index (κ3) is 6.56. The molecule has 46 heavy (non-hydrogen) atoms. The highest BCUT2D eigenvalue weighted by Gasteiger charge is 2.46. The Morgan fingerprint density at radius 2 is 1.72 bits per heavy atom. The third-order valence-corrected chi connectivity index (χ3v) is 8.78. The van der Waals surface area contributed by atoms with Crippen LogP contribution in [0.25, 0.3) is 5.69 Å². The molecule has 0 saturated carbocycles. The summed E-state index contributed by atoms with van der Waals surface area (Å²) in [6.07, 6.45) is -3.33. The minimum Gasteiger partial charge on any atom is -0.591 e. The fourth-order valence-corrected chi connectivity index (χ4v) is 5.73. The lowest BCUT2D eigenvalue weighted by Gasteiger charge is -2.38. The number of halogens is 4. The van der Waals surface area contributed by atoms with Crippen LogP contribution >= 0.6 is 0 Å². The summed E-state index contributed by atoms with van der Waals surface area (Å²) in [5, 5.41) is 7.44. The van der Waals surface area contributed by atoms with Crippen molar-refractivity contribution in [3.8, 4) is 5.69 Å². The number of nitrogens with zero attached hydrogens (tertiary/aromatic N) is 4. The zero-order valence-corrected chi connectivity index (χ0v) is 26.2. The van der Waals surface area contributed by atoms with Gasteiger partial charge in [0, 0.05) is 23.6 Å². The maximum atomic E-state index is 14.3. The van der Waals surface area contributed by atoms with E-state index in [0.717, 1.165) is 12.1 Å². The number of aromatic nitrogens is 2. The Labute approximate surface area is 266 Å². The Hall–Kier alpha value is -4.49. The first kappa shape index (κ1) is 32.9. The molecule has 2 amide bonds. The minimum absolute atomic E-state index is 0.140. The van der Waals surface area contributed by atoms with Gasteiger partial charge in [-0.25, -0.2) is 9.07 Å². The third-order valence-electron chi connectivity index (χ3n) is 7.44. The SMILES string of the molecule is CCN1C(=O)[C@@H](NC(=O)c2cccc(C(F)(F)F)c2)[C@@H](c2ccc(F)cc2)c2c(/C=N\[S@@+]([O-])C(C)(C)C)nn(-c3ccccc3)c21. The van der Waals surface area contributed by atoms with Crippen molar-refractivity contribution in [2.24, 2.45) is 4.40 Å². The fourth-order valence-electron chi connectivity index (χ4n) is 5.22. The van der Waals surface area contributed by atoms with Crippen molar-refractivity contribution < 1.29 is 31.7 Å². The highest BCUT2D eigenvalue weighted by atomic mass is 32.2. The van der Waals surface area contributed by atoms with Crippen molar-refractivity contribution in [3.63, 3.8) is 0 Å². The van der Waals surface area contributed by atoms with Gasteiger partial charge in [-0.05, 0) is 75.7 Å². The number of likely N-dealkylation sites (N-methyl/N-ethyl adjacent to an activating group) is 1. The van der Waals surface area contributed by atoms with E-state index in [0.29, 0.717) is 28.7 Å². The molecule has 8 nitrogen and oxygen atoms in total. The van der Waals surface area contributed by atoms with E-state index in [1.54, 1.807) is 56.6 Å². The number of hydrogen-bond acceptors (Lipinski definition) is 5. The first-order valence-corrected chi connectivity index (χ1v) is 15.5. The van der Waals surface area contributed by atoms with Crippen LogP contribution in [0.2, 0.25) is 0 Å². The number of hydrogen-bond donors (Lipinski definition) is 1. The first-order chi connectivity index (χ1) is 21.7. The summed E-state index contributed by atoms with van der Waals surface area (Å²) in [7, 11) is 0. The van der Waals surface area contributed by atoms with E-state index in [1.807, 2.05) is 6.07 Å². The second-order valence-electron chi connectivity index (χ2n) is 11.6. The molecule has 1 aliphatic heterocycles. The summed E-state index contributed by atoms with van der Waals surface area (Å²) in [6, 6.07) is 16.9. The summed E-state index contributed by atoms with van der Waals surface area (Å²) >= 11 is -1.67. The van der Waals surface area contributed by atoms with E-state index in [9.17, 15) is 31.7 Å². The van der Waals surface area contributed by atoms with Gasteiger partial charge in [0.15, 0.2) is 0 Å². The second-order valence-corrected chi connectivity index (χ2v) is 13.5. The van der Waals surface area contributed by atoms with Gasteiger partial charge in [-0.3, -0.25) is 14.5 Å². The molecule has 0 spiro atoms. The number of amides is 2. The van der Waals surface area contributed by atoms with Crippen LogP contribution in [0.15, 0.2) is 83.3 Å². The van der Waals surface area contributed by atoms with Crippen molar-refractivity contribution in [1.29, 1.82) is 0 Å². The summed E-state index contributed by atoms with van der Waals surface area (Å²) in [4.78, 5) is 29.2. The molecule has 13 heteroatoms. The van der Waals surface area contributed by atoms with Crippen molar-refractivity contribution in [2.45, 2.75) is 50.6 Å². The molecule has 1 aliphatic rings. The van der Waals surface area contributed by atoms with Gasteiger partial charge in [-0.2, -0.15) is 18.3 Å². The van der Waals surface area contributed by atoms with E-state index in [1.165, 1.54) is 41.4 Å². The molecule has 0 aliphatic carbocycles. The van der Waals surface area contributed by atoms with Crippen molar-refractivity contribution in [3.05, 3.63) is 113 Å². The molecule has 1 N–H and O–H groups in total. The van der Waals surface area contributed by atoms with Crippen LogP contribution in [-0.2, 0) is 22.3 Å². The standard InChI is InChI=1S/C33H31F4N5O3S/c1-5-41-30-27(25(19-38-46(45)32(2,3)4)40-42(30)24-12-7-6-8-13-24)26(20-14-16-23(34)17-15-20)28(31(41)44)39-29(43)21-10-9-11-22(18-21)33(35,36)37/h6-19,26,28H,5H2,1-4H3,(H,39,43)/b38-19-/t26-,28-,46-/m0/s1. The summed E-state index contributed by atoms with van der Waals surface area (Å²) < 4.78 is 72.6. The zero-order chi connectivity index (χ0) is 33.4. The minimum atomic E-state index is -4.69. The molecule has 240 valence electrons. The number of carbonyl (C=O) groups excluding carboxylic acids is 2. The predicted molar refractivity (Wildman–Crippen MR) is 168 cm³/mol. The molecule has 3 atom stereocenters. The smallest absolute Gasteiger partial charge is 0.416 e. The highest BCUT2D eigenvalue weighted by Crippen LogP contribution is 2.43. The number of rotatable bonds is 7. The largest absolute Gasteiger partial charge is 0.591 e. The van der Waals surface area contributed by atoms with Crippen LogP contribution in [-0.4, -0.2) is 49.7 Å². The number of carbonyl (C=O) groups is 2. The number of fused-ring (bicyclic) bond motifs is 1. The average molecular weight is 654 g/mol. The number of nitrogens with one attached hydrogen (secondary N) is 1. The highest BCUT2D eigenvalue weighted by molar-refractivity contribution is 7.91. The Bertz CT molecular complexity index is 1770. The van der Waals surface area contributed by atoms with Crippen LogP contribution < -0.4 is 10.2 Å². The average Bonchev–Trinajstić information content (AvgIpc) is 3.39. The monoisotopic (exact) mass is 653 g/mol. The van der Waals surface area contributed by atoms with Crippen LogP contribution in [0.3, 0.4) is 0 Å². The number of anilines is 1. The molecule has 3 aromatic carbocycles. The number of para-hydroxylation sites is 1. The van der Waals surface area contributed by atoms with Gasteiger partial charge in [0.25, 0.3) is 11.8 Å². The quantitative estimate of drug-likeness (QED) is 0.146. The van der Waals surface area contributed by atoms with Crippen LogP contribution in [0.5, 0.6) is 0 Å². The zero-order valence-electron chi connectivity index (χ0n) is 25.4. The Balaban J connectivity index is 1.73. The van der Waals surface area contributed by atoms with Gasteiger partial charge in [-0.1, -0.05) is 40.8 Å². The lowest BCUT2D eigenvalue weighted by Crippen LogP contribution is -2.55. The molecule has 0 saturated heterocycles. The van der Waals surface area contributed by atoms with Gasteiger partial charge < -0.3 is 9.87 Å². The van der Waals surface area contributed by atoms with Crippen molar-refractivity contribution in [2.75, 3.05) is 11.4 Å².